The Morgan fingerprint density at radius 3 is 2.76 bits per heavy atom. The van der Waals surface area contributed by atoms with Gasteiger partial charge in [-0.25, -0.2) is 0 Å². The van der Waals surface area contributed by atoms with E-state index in [1.54, 1.807) is 11.3 Å². The van der Waals surface area contributed by atoms with E-state index in [1.165, 1.54) is 10.4 Å². The third-order valence-electron chi connectivity index (χ3n) is 3.37. The lowest BCUT2D eigenvalue weighted by Crippen LogP contribution is -2.30. The predicted molar refractivity (Wildman–Crippen MR) is 89.7 cm³/mol. The van der Waals surface area contributed by atoms with E-state index in [4.69, 9.17) is 0 Å². The first-order valence-electron chi connectivity index (χ1n) is 7.32. The molecule has 1 atom stereocenters. The van der Waals surface area contributed by atoms with Crippen LogP contribution in [-0.4, -0.2) is 11.9 Å². The number of nitrogens with one attached hydrogen (secondary N) is 2. The van der Waals surface area contributed by atoms with Crippen molar-refractivity contribution < 1.29 is 4.79 Å². The highest BCUT2D eigenvalue weighted by molar-refractivity contribution is 7.09. The van der Waals surface area contributed by atoms with E-state index in [1.807, 2.05) is 37.3 Å². The fourth-order valence-corrected chi connectivity index (χ4v) is 2.85. The Bertz CT molecular complexity index is 566. The summed E-state index contributed by atoms with van der Waals surface area (Å²) in [5.41, 5.74) is 2.10. The van der Waals surface area contributed by atoms with Crippen LogP contribution in [-0.2, 0) is 17.8 Å². The fraction of sp³-hybridized carbons (Fsp3) is 0.353. The van der Waals surface area contributed by atoms with Gasteiger partial charge in [0.05, 0.1) is 0 Å². The van der Waals surface area contributed by atoms with Gasteiger partial charge < -0.3 is 10.6 Å². The van der Waals surface area contributed by atoms with Crippen LogP contribution in [0.1, 0.15) is 30.7 Å². The van der Waals surface area contributed by atoms with Crippen LogP contribution in [0, 0.1) is 0 Å². The van der Waals surface area contributed by atoms with E-state index in [-0.39, 0.29) is 11.9 Å². The molecule has 112 valence electrons. The summed E-state index contributed by atoms with van der Waals surface area (Å²) in [7, 11) is 0. The van der Waals surface area contributed by atoms with Crippen molar-refractivity contribution in [1.82, 2.24) is 5.32 Å². The molecule has 2 rings (SSSR count). The van der Waals surface area contributed by atoms with Crippen LogP contribution in [0.15, 0.2) is 41.8 Å². The molecule has 0 radical (unpaired) electrons. The third-order valence-corrected chi connectivity index (χ3v) is 4.25. The first-order chi connectivity index (χ1) is 10.2. The fourth-order valence-electron chi connectivity index (χ4n) is 2.19. The molecule has 0 saturated carbocycles. The van der Waals surface area contributed by atoms with Gasteiger partial charge in [-0.1, -0.05) is 31.2 Å². The second-order valence-corrected chi connectivity index (χ2v) is 6.16. The molecule has 1 amide bonds. The van der Waals surface area contributed by atoms with Gasteiger partial charge in [-0.05, 0) is 36.4 Å². The number of aryl methyl sites for hydroxylation is 1. The molecule has 1 aromatic carbocycles. The van der Waals surface area contributed by atoms with Gasteiger partial charge in [-0.2, -0.15) is 0 Å². The lowest BCUT2D eigenvalue weighted by atomic mass is 10.1. The van der Waals surface area contributed by atoms with Crippen molar-refractivity contribution in [3.63, 3.8) is 0 Å². The van der Waals surface area contributed by atoms with Crippen molar-refractivity contribution in [2.45, 2.75) is 39.3 Å². The monoisotopic (exact) mass is 302 g/mol. The Kier molecular flexibility index (Phi) is 5.96. The average Bonchev–Trinajstić information content (AvgIpc) is 2.99. The molecule has 3 nitrogen and oxygen atoms in total. The third kappa shape index (κ3) is 4.99. The van der Waals surface area contributed by atoms with Crippen LogP contribution in [0.25, 0.3) is 0 Å². The first-order valence-corrected chi connectivity index (χ1v) is 8.20. The molecule has 2 N–H and O–H groups in total. The van der Waals surface area contributed by atoms with E-state index >= 15 is 0 Å². The molecular formula is C17H22N2OS. The van der Waals surface area contributed by atoms with Crippen LogP contribution in [0.2, 0.25) is 0 Å². The molecule has 0 unspecified atom stereocenters. The maximum absolute atomic E-state index is 12.1. The van der Waals surface area contributed by atoms with Crippen molar-refractivity contribution >= 4 is 22.9 Å². The Labute approximate surface area is 130 Å². The van der Waals surface area contributed by atoms with E-state index in [9.17, 15) is 4.79 Å². The highest BCUT2D eigenvalue weighted by Gasteiger charge is 2.10. The zero-order chi connectivity index (χ0) is 15.1. The Balaban J connectivity index is 1.80. The van der Waals surface area contributed by atoms with Crippen LogP contribution in [0.4, 0.5) is 5.69 Å². The number of para-hydroxylation sites is 1. The van der Waals surface area contributed by atoms with Gasteiger partial charge in [0.2, 0.25) is 5.91 Å². The van der Waals surface area contributed by atoms with E-state index in [2.05, 4.69) is 29.0 Å². The molecule has 0 bridgehead atoms. The highest BCUT2D eigenvalue weighted by atomic mass is 32.1. The second-order valence-electron chi connectivity index (χ2n) is 5.12. The van der Waals surface area contributed by atoms with Gasteiger partial charge in [0, 0.05) is 29.6 Å². The molecule has 4 heteroatoms. The lowest BCUT2D eigenvalue weighted by Gasteiger charge is -2.14. The molecule has 0 aliphatic carbocycles. The molecular weight excluding hydrogens is 280 g/mol. The summed E-state index contributed by atoms with van der Waals surface area (Å²) in [4.78, 5) is 13.4. The van der Waals surface area contributed by atoms with Crippen molar-refractivity contribution in [3.8, 4) is 0 Å². The number of hydrogen-bond donors (Lipinski definition) is 2. The normalized spacial score (nSPS) is 12.1. The Morgan fingerprint density at radius 2 is 2.05 bits per heavy atom. The van der Waals surface area contributed by atoms with E-state index < -0.39 is 0 Å². The van der Waals surface area contributed by atoms with Crippen LogP contribution < -0.4 is 10.6 Å². The minimum atomic E-state index is 0.0575. The standard InChI is InChI=1S/C17H22N2OS/c1-3-14-7-4-5-9-16(14)19-17(20)11-13(2)18-12-15-8-6-10-21-15/h4-10,13,18H,3,11-12H2,1-2H3,(H,19,20)/t13-/m1/s1. The molecule has 0 aliphatic heterocycles. The molecule has 0 spiro atoms. The van der Waals surface area contributed by atoms with Gasteiger partial charge in [0.25, 0.3) is 0 Å². The van der Waals surface area contributed by atoms with Gasteiger partial charge in [0.1, 0.15) is 0 Å². The van der Waals surface area contributed by atoms with Crippen LogP contribution >= 0.6 is 11.3 Å². The van der Waals surface area contributed by atoms with Crippen molar-refractivity contribution in [3.05, 3.63) is 52.2 Å². The maximum Gasteiger partial charge on any atom is 0.225 e. The van der Waals surface area contributed by atoms with Crippen LogP contribution in [0.3, 0.4) is 0 Å². The van der Waals surface area contributed by atoms with Crippen molar-refractivity contribution in [2.24, 2.45) is 0 Å². The topological polar surface area (TPSA) is 41.1 Å². The molecule has 1 heterocycles. The number of benzene rings is 1. The zero-order valence-corrected chi connectivity index (χ0v) is 13.4. The van der Waals surface area contributed by atoms with Crippen LogP contribution in [0.5, 0.6) is 0 Å². The minimum Gasteiger partial charge on any atom is -0.326 e. The van der Waals surface area contributed by atoms with Crippen molar-refractivity contribution in [1.29, 1.82) is 0 Å². The molecule has 2 aromatic rings. The zero-order valence-electron chi connectivity index (χ0n) is 12.6. The maximum atomic E-state index is 12.1. The average molecular weight is 302 g/mol. The molecule has 0 aliphatic rings. The lowest BCUT2D eigenvalue weighted by molar-refractivity contribution is -0.116. The van der Waals surface area contributed by atoms with Gasteiger partial charge in [-0.15, -0.1) is 11.3 Å². The van der Waals surface area contributed by atoms with E-state index in [0.29, 0.717) is 6.42 Å². The summed E-state index contributed by atoms with van der Waals surface area (Å²) in [5, 5.41) is 8.45. The Morgan fingerprint density at radius 1 is 1.24 bits per heavy atom. The van der Waals surface area contributed by atoms with Gasteiger partial charge in [0.15, 0.2) is 0 Å². The number of thiophene rings is 1. The number of amides is 1. The smallest absolute Gasteiger partial charge is 0.225 e. The molecule has 1 aromatic heterocycles. The summed E-state index contributed by atoms with van der Waals surface area (Å²) < 4.78 is 0. The Hall–Kier alpha value is -1.65. The second kappa shape index (κ2) is 7.96. The summed E-state index contributed by atoms with van der Waals surface area (Å²) in [5.74, 6) is 0.0575. The van der Waals surface area contributed by atoms with Crippen molar-refractivity contribution in [2.75, 3.05) is 5.32 Å². The minimum absolute atomic E-state index is 0.0575. The number of carbonyl (C=O) groups is 1. The summed E-state index contributed by atoms with van der Waals surface area (Å²) in [6.07, 6.45) is 1.39. The molecule has 0 fully saturated rings. The molecule has 21 heavy (non-hydrogen) atoms. The summed E-state index contributed by atoms with van der Waals surface area (Å²) in [6, 6.07) is 12.3. The summed E-state index contributed by atoms with van der Waals surface area (Å²) in [6.45, 7) is 4.95. The first kappa shape index (κ1) is 15.7. The largest absolute Gasteiger partial charge is 0.326 e. The highest BCUT2D eigenvalue weighted by Crippen LogP contribution is 2.16. The SMILES string of the molecule is CCc1ccccc1NC(=O)C[C@@H](C)NCc1cccs1. The predicted octanol–water partition coefficient (Wildman–Crippen LogP) is 3.82. The number of rotatable bonds is 7. The number of anilines is 1. The molecule has 0 saturated heterocycles. The number of hydrogen-bond acceptors (Lipinski definition) is 3. The summed E-state index contributed by atoms with van der Waals surface area (Å²) >= 11 is 1.73. The number of carbonyl (C=O) groups excluding carboxylic acids is 1. The van der Waals surface area contributed by atoms with Gasteiger partial charge in [-0.3, -0.25) is 4.79 Å². The quantitative estimate of drug-likeness (QED) is 0.816. The van der Waals surface area contributed by atoms with Gasteiger partial charge >= 0.3 is 0 Å². The van der Waals surface area contributed by atoms with E-state index in [0.717, 1.165) is 18.7 Å².